The van der Waals surface area contributed by atoms with Crippen LogP contribution in [0, 0.1) is 10.1 Å². The van der Waals surface area contributed by atoms with Crippen LogP contribution < -0.4 is 16.2 Å². The number of carbonyl (C=O) groups is 1. The van der Waals surface area contributed by atoms with Crippen LogP contribution in [0.25, 0.3) is 0 Å². The van der Waals surface area contributed by atoms with Crippen LogP contribution >= 0.6 is 23.6 Å². The minimum absolute atomic E-state index is 0.00544. The van der Waals surface area contributed by atoms with Crippen LogP contribution in [0.1, 0.15) is 9.67 Å². The summed E-state index contributed by atoms with van der Waals surface area (Å²) in [6, 6.07) is 9.22. The van der Waals surface area contributed by atoms with Crippen LogP contribution in [-0.2, 0) is 0 Å². The summed E-state index contributed by atoms with van der Waals surface area (Å²) in [4.78, 5) is 22.3. The molecule has 1 amide bonds. The van der Waals surface area contributed by atoms with Crippen LogP contribution in [-0.4, -0.2) is 15.9 Å². The van der Waals surface area contributed by atoms with E-state index < -0.39 is 4.92 Å². The summed E-state index contributed by atoms with van der Waals surface area (Å²) in [6.07, 6.45) is 0. The van der Waals surface area contributed by atoms with Crippen molar-refractivity contribution in [3.63, 3.8) is 0 Å². The highest BCUT2D eigenvalue weighted by molar-refractivity contribution is 7.80. The third-order valence-electron chi connectivity index (χ3n) is 2.37. The van der Waals surface area contributed by atoms with Crippen LogP contribution in [0.5, 0.6) is 0 Å². The highest BCUT2D eigenvalue weighted by Crippen LogP contribution is 2.14. The predicted molar refractivity (Wildman–Crippen MR) is 84.2 cm³/mol. The van der Waals surface area contributed by atoms with Gasteiger partial charge in [0.1, 0.15) is 0 Å². The molecule has 0 saturated heterocycles. The third-order valence-corrected chi connectivity index (χ3v) is 3.44. The number of non-ortho nitro benzene ring substituents is 1. The van der Waals surface area contributed by atoms with Gasteiger partial charge in [-0.1, -0.05) is 6.07 Å². The van der Waals surface area contributed by atoms with Crippen molar-refractivity contribution in [3.8, 4) is 0 Å². The smallest absolute Gasteiger partial charge is 0.269 e. The van der Waals surface area contributed by atoms with E-state index >= 15 is 0 Å². The van der Waals surface area contributed by atoms with E-state index in [0.717, 1.165) is 0 Å². The second kappa shape index (κ2) is 6.77. The molecule has 21 heavy (non-hydrogen) atoms. The molecular weight excluding hydrogens is 312 g/mol. The third kappa shape index (κ3) is 4.23. The Labute approximate surface area is 129 Å². The quantitative estimate of drug-likeness (QED) is 0.454. The number of carbonyl (C=O) groups excluding carboxylic acids is 1. The van der Waals surface area contributed by atoms with Crippen molar-refractivity contribution < 1.29 is 9.72 Å². The molecule has 1 aromatic heterocycles. The number of hydrogen-bond donors (Lipinski definition) is 3. The number of hydrogen-bond acceptors (Lipinski definition) is 6. The van der Waals surface area contributed by atoms with Crippen LogP contribution in [0.15, 0.2) is 41.8 Å². The van der Waals surface area contributed by atoms with Gasteiger partial charge < -0.3 is 0 Å². The van der Waals surface area contributed by atoms with E-state index in [2.05, 4.69) is 16.2 Å². The van der Waals surface area contributed by atoms with Gasteiger partial charge in [-0.05, 0) is 35.8 Å². The molecule has 0 unspecified atom stereocenters. The molecule has 2 rings (SSSR count). The van der Waals surface area contributed by atoms with Crippen LogP contribution in [0.3, 0.4) is 0 Å². The first-order valence-electron chi connectivity index (χ1n) is 5.71. The van der Waals surface area contributed by atoms with Gasteiger partial charge in [0.15, 0.2) is 5.11 Å². The lowest BCUT2D eigenvalue weighted by molar-refractivity contribution is -0.384. The number of nitrogens with zero attached hydrogens (tertiary/aromatic N) is 1. The van der Waals surface area contributed by atoms with Gasteiger partial charge in [0.2, 0.25) is 0 Å². The number of hydrazine groups is 1. The van der Waals surface area contributed by atoms with E-state index in [0.29, 0.717) is 10.6 Å². The number of nitro benzene ring substituents is 1. The number of amides is 1. The highest BCUT2D eigenvalue weighted by atomic mass is 32.1. The van der Waals surface area contributed by atoms with Crippen molar-refractivity contribution in [2.24, 2.45) is 0 Å². The number of nitro groups is 1. The molecule has 0 aliphatic heterocycles. The molecule has 0 radical (unpaired) electrons. The van der Waals surface area contributed by atoms with E-state index in [1.54, 1.807) is 17.5 Å². The standard InChI is InChI=1S/C12H10N4O3S2/c17-11(10-2-1-7-21-10)13-12(20)15-14-8-3-5-9(6-4-8)16(18)19/h1-7,14H,(H2,13,15,17,20). The second-order valence-corrected chi connectivity index (χ2v) is 5.17. The number of rotatable bonds is 4. The maximum absolute atomic E-state index is 11.7. The number of nitrogens with one attached hydrogen (secondary N) is 3. The summed E-state index contributed by atoms with van der Waals surface area (Å²) >= 11 is 6.27. The Morgan fingerprint density at radius 3 is 2.52 bits per heavy atom. The minimum Gasteiger partial charge on any atom is -0.299 e. The molecule has 7 nitrogen and oxygen atoms in total. The molecule has 3 N–H and O–H groups in total. The number of thiophene rings is 1. The average molecular weight is 322 g/mol. The normalized spacial score (nSPS) is 9.71. The number of thiocarbonyl (C=S) groups is 1. The summed E-state index contributed by atoms with van der Waals surface area (Å²) in [5.74, 6) is -0.298. The number of benzene rings is 1. The van der Waals surface area contributed by atoms with Gasteiger partial charge in [0.05, 0.1) is 15.5 Å². The molecule has 1 aromatic carbocycles. The van der Waals surface area contributed by atoms with Crippen molar-refractivity contribution >= 4 is 45.9 Å². The summed E-state index contributed by atoms with van der Waals surface area (Å²) in [6.45, 7) is 0. The molecule has 9 heteroatoms. The lowest BCUT2D eigenvalue weighted by Gasteiger charge is -2.10. The van der Waals surface area contributed by atoms with Crippen molar-refractivity contribution in [1.82, 2.24) is 10.7 Å². The molecule has 0 aliphatic rings. The van der Waals surface area contributed by atoms with Crippen molar-refractivity contribution in [3.05, 3.63) is 56.8 Å². The maximum atomic E-state index is 11.7. The lowest BCUT2D eigenvalue weighted by Crippen LogP contribution is -2.41. The monoisotopic (exact) mass is 322 g/mol. The molecule has 0 fully saturated rings. The maximum Gasteiger partial charge on any atom is 0.269 e. The van der Waals surface area contributed by atoms with Gasteiger partial charge in [-0.2, -0.15) is 0 Å². The zero-order valence-corrected chi connectivity index (χ0v) is 12.2. The van der Waals surface area contributed by atoms with Gasteiger partial charge >= 0.3 is 0 Å². The van der Waals surface area contributed by atoms with Gasteiger partial charge in [-0.3, -0.25) is 31.1 Å². The van der Waals surface area contributed by atoms with E-state index in [4.69, 9.17) is 12.2 Å². The van der Waals surface area contributed by atoms with Crippen molar-refractivity contribution in [2.45, 2.75) is 0 Å². The van der Waals surface area contributed by atoms with E-state index in [9.17, 15) is 14.9 Å². The summed E-state index contributed by atoms with van der Waals surface area (Å²) in [5.41, 5.74) is 5.93. The molecule has 0 atom stereocenters. The second-order valence-electron chi connectivity index (χ2n) is 3.81. The van der Waals surface area contributed by atoms with Crippen molar-refractivity contribution in [2.75, 3.05) is 5.43 Å². The molecular formula is C12H10N4O3S2. The Morgan fingerprint density at radius 1 is 1.24 bits per heavy atom. The first-order valence-corrected chi connectivity index (χ1v) is 7.00. The molecule has 108 valence electrons. The molecule has 1 heterocycles. The van der Waals surface area contributed by atoms with Crippen LogP contribution in [0.2, 0.25) is 0 Å². The zero-order chi connectivity index (χ0) is 15.2. The van der Waals surface area contributed by atoms with E-state index in [-0.39, 0.29) is 16.7 Å². The topological polar surface area (TPSA) is 96.3 Å². The fourth-order valence-electron chi connectivity index (χ4n) is 1.40. The van der Waals surface area contributed by atoms with E-state index in [1.807, 2.05) is 0 Å². The molecule has 0 aliphatic carbocycles. The van der Waals surface area contributed by atoms with Crippen molar-refractivity contribution in [1.29, 1.82) is 0 Å². The van der Waals surface area contributed by atoms with Gasteiger partial charge in [-0.25, -0.2) is 0 Å². The fraction of sp³-hybridized carbons (Fsp3) is 0. The fourth-order valence-corrected chi connectivity index (χ4v) is 2.16. The molecule has 0 spiro atoms. The van der Waals surface area contributed by atoms with Crippen LogP contribution in [0.4, 0.5) is 11.4 Å². The average Bonchev–Trinajstić information content (AvgIpc) is 3.00. The van der Waals surface area contributed by atoms with Gasteiger partial charge in [0.25, 0.3) is 11.6 Å². The highest BCUT2D eigenvalue weighted by Gasteiger charge is 2.08. The summed E-state index contributed by atoms with van der Waals surface area (Å²) in [7, 11) is 0. The molecule has 0 saturated carbocycles. The Bertz CT molecular complexity index is 656. The van der Waals surface area contributed by atoms with E-state index in [1.165, 1.54) is 35.6 Å². The first kappa shape index (κ1) is 14.9. The lowest BCUT2D eigenvalue weighted by atomic mass is 10.3. The Hall–Kier alpha value is -2.52. The Morgan fingerprint density at radius 2 is 1.95 bits per heavy atom. The van der Waals surface area contributed by atoms with Gasteiger partial charge in [-0.15, -0.1) is 11.3 Å². The summed E-state index contributed by atoms with van der Waals surface area (Å²) < 4.78 is 0. The molecule has 2 aromatic rings. The minimum atomic E-state index is -0.483. The number of anilines is 1. The Kier molecular flexibility index (Phi) is 4.80. The SMILES string of the molecule is O=C(NC(=S)NNc1ccc([N+](=O)[O-])cc1)c1cccs1. The predicted octanol–water partition coefficient (Wildman–Crippen LogP) is 2.29. The Balaban J connectivity index is 1.83. The zero-order valence-electron chi connectivity index (χ0n) is 10.5. The first-order chi connectivity index (χ1) is 10.1. The summed E-state index contributed by atoms with van der Waals surface area (Å²) in [5, 5.41) is 14.9. The largest absolute Gasteiger partial charge is 0.299 e. The van der Waals surface area contributed by atoms with Gasteiger partial charge in [0, 0.05) is 12.1 Å². The molecule has 0 bridgehead atoms.